The van der Waals surface area contributed by atoms with Crippen LogP contribution >= 0.6 is 0 Å². The Bertz CT molecular complexity index is 320. The van der Waals surface area contributed by atoms with Gasteiger partial charge in [0.1, 0.15) is 0 Å². The molecular weight excluding hydrogens is 184 g/mol. The van der Waals surface area contributed by atoms with Crippen molar-refractivity contribution in [3.63, 3.8) is 0 Å². The Balaban J connectivity index is 2.91. The molecule has 12 heavy (non-hydrogen) atoms. The third kappa shape index (κ3) is 1.55. The van der Waals surface area contributed by atoms with Crippen LogP contribution in [0.3, 0.4) is 0 Å². The predicted molar refractivity (Wildman–Crippen MR) is 41.2 cm³/mol. The maximum Gasteiger partial charge on any atom is 0.329 e. The fourth-order valence-corrected chi connectivity index (χ4v) is 1.79. The van der Waals surface area contributed by atoms with Crippen LogP contribution in [0.5, 0.6) is 0 Å². The van der Waals surface area contributed by atoms with Gasteiger partial charge in [-0.25, -0.2) is 13.2 Å². The van der Waals surface area contributed by atoms with Crippen LogP contribution in [0.2, 0.25) is 0 Å². The Labute approximate surface area is 69.5 Å². The highest BCUT2D eigenvalue weighted by Gasteiger charge is 2.33. The second-order valence-corrected chi connectivity index (χ2v) is 4.26. The number of sulfonamides is 1. The molecule has 0 radical (unpaired) electrons. The lowest BCUT2D eigenvalue weighted by atomic mass is 10.2. The van der Waals surface area contributed by atoms with Gasteiger partial charge in [0.25, 0.3) is 0 Å². The Morgan fingerprint density at radius 2 is 2.33 bits per heavy atom. The zero-order chi connectivity index (χ0) is 9.35. The van der Waals surface area contributed by atoms with Crippen LogP contribution in [-0.2, 0) is 14.8 Å². The summed E-state index contributed by atoms with van der Waals surface area (Å²) in [7, 11) is -3.54. The van der Waals surface area contributed by atoms with Gasteiger partial charge in [-0.05, 0) is 0 Å². The highest BCUT2D eigenvalue weighted by Crippen LogP contribution is 2.14. The van der Waals surface area contributed by atoms with Crippen LogP contribution in [0, 0.1) is 0 Å². The molecule has 0 saturated heterocycles. The van der Waals surface area contributed by atoms with Crippen molar-refractivity contribution >= 4 is 22.2 Å². The van der Waals surface area contributed by atoms with Crippen molar-refractivity contribution in [1.82, 2.24) is 4.41 Å². The summed E-state index contributed by atoms with van der Waals surface area (Å²) in [6.45, 7) is 0. The number of hydrogen-bond donors (Lipinski definition) is 1. The second kappa shape index (κ2) is 2.74. The first-order valence-corrected chi connectivity index (χ1v) is 5.02. The van der Waals surface area contributed by atoms with E-state index in [0.29, 0.717) is 4.41 Å². The van der Waals surface area contributed by atoms with Crippen molar-refractivity contribution in [3.05, 3.63) is 0 Å². The highest BCUT2D eigenvalue weighted by atomic mass is 32.2. The van der Waals surface area contributed by atoms with Gasteiger partial charge < -0.3 is 5.11 Å². The molecule has 1 heterocycles. The number of carboxylic acids is 1. The van der Waals surface area contributed by atoms with Crippen LogP contribution in [0.25, 0.3) is 0 Å². The molecule has 0 aliphatic carbocycles. The predicted octanol–water partition coefficient (Wildman–Crippen LogP) is -0.909. The summed E-state index contributed by atoms with van der Waals surface area (Å²) in [5, 5.41) is 12.0. The number of hydrogen-bond acceptors (Lipinski definition) is 4. The highest BCUT2D eigenvalue weighted by molar-refractivity contribution is 7.88. The van der Waals surface area contributed by atoms with Crippen molar-refractivity contribution in [3.8, 4) is 0 Å². The first-order chi connectivity index (χ1) is 5.43. The molecule has 0 aromatic carbocycles. The summed E-state index contributed by atoms with van der Waals surface area (Å²) in [5.74, 6) is -1.18. The number of hydrazone groups is 1. The molecule has 1 N–H and O–H groups in total. The van der Waals surface area contributed by atoms with Gasteiger partial charge in [0.2, 0.25) is 10.0 Å². The summed E-state index contributed by atoms with van der Waals surface area (Å²) < 4.78 is 22.4. The Kier molecular flexibility index (Phi) is 2.05. The maximum atomic E-state index is 10.9. The number of rotatable bonds is 2. The summed E-state index contributed by atoms with van der Waals surface area (Å²) in [5.41, 5.74) is 0. The Hall–Kier alpha value is -1.11. The molecule has 6 nitrogen and oxygen atoms in total. The van der Waals surface area contributed by atoms with E-state index in [0.717, 1.165) is 6.26 Å². The van der Waals surface area contributed by atoms with Gasteiger partial charge in [-0.1, -0.05) is 0 Å². The molecule has 68 valence electrons. The van der Waals surface area contributed by atoms with Crippen molar-refractivity contribution < 1.29 is 18.3 Å². The van der Waals surface area contributed by atoms with Gasteiger partial charge in [0.15, 0.2) is 6.04 Å². The zero-order valence-corrected chi connectivity index (χ0v) is 7.15. The molecule has 0 aromatic heterocycles. The molecule has 0 spiro atoms. The number of aliphatic carboxylic acids is 1. The van der Waals surface area contributed by atoms with E-state index in [2.05, 4.69) is 5.10 Å². The van der Waals surface area contributed by atoms with E-state index in [4.69, 9.17) is 5.11 Å². The van der Waals surface area contributed by atoms with E-state index < -0.39 is 22.0 Å². The normalized spacial score (nSPS) is 23.1. The van der Waals surface area contributed by atoms with E-state index >= 15 is 0 Å². The average Bonchev–Trinajstić information content (AvgIpc) is 2.30. The minimum absolute atomic E-state index is 0.127. The van der Waals surface area contributed by atoms with Crippen LogP contribution in [0.4, 0.5) is 0 Å². The number of nitrogens with zero attached hydrogens (tertiary/aromatic N) is 2. The molecule has 0 amide bonds. The maximum absolute atomic E-state index is 10.9. The topological polar surface area (TPSA) is 87.0 Å². The molecule has 1 aliphatic heterocycles. The third-order valence-corrected chi connectivity index (χ3v) is 2.44. The largest absolute Gasteiger partial charge is 0.480 e. The molecule has 1 aliphatic rings. The number of carboxylic acid groups (broad SMARTS) is 1. The molecule has 1 rings (SSSR count). The molecule has 1 unspecified atom stereocenters. The summed E-state index contributed by atoms with van der Waals surface area (Å²) in [6.07, 6.45) is 2.33. The fraction of sp³-hybridized carbons (Fsp3) is 0.600. The van der Waals surface area contributed by atoms with Crippen LogP contribution in [-0.4, -0.2) is 42.4 Å². The number of carbonyl (C=O) groups is 1. The SMILES string of the molecule is CS(=O)(=O)N1N=CCC1C(=O)O. The molecule has 7 heteroatoms. The minimum Gasteiger partial charge on any atom is -0.480 e. The quantitative estimate of drug-likeness (QED) is 0.613. The first-order valence-electron chi connectivity index (χ1n) is 3.17. The van der Waals surface area contributed by atoms with Crippen LogP contribution in [0.1, 0.15) is 6.42 Å². The van der Waals surface area contributed by atoms with Crippen molar-refractivity contribution in [2.75, 3.05) is 6.26 Å². The van der Waals surface area contributed by atoms with Crippen molar-refractivity contribution in [2.24, 2.45) is 5.10 Å². The van der Waals surface area contributed by atoms with Gasteiger partial charge in [-0.3, -0.25) is 0 Å². The van der Waals surface area contributed by atoms with Gasteiger partial charge >= 0.3 is 5.97 Å². The monoisotopic (exact) mass is 192 g/mol. The Morgan fingerprint density at radius 3 is 2.67 bits per heavy atom. The summed E-state index contributed by atoms with van der Waals surface area (Å²) >= 11 is 0. The summed E-state index contributed by atoms with van der Waals surface area (Å²) in [6, 6.07) is -1.07. The van der Waals surface area contributed by atoms with E-state index in [1.54, 1.807) is 0 Å². The van der Waals surface area contributed by atoms with Crippen LogP contribution in [0.15, 0.2) is 5.10 Å². The fourth-order valence-electron chi connectivity index (χ4n) is 0.910. The first kappa shape index (κ1) is 8.98. The smallest absolute Gasteiger partial charge is 0.329 e. The van der Waals surface area contributed by atoms with Gasteiger partial charge in [0, 0.05) is 12.6 Å². The third-order valence-electron chi connectivity index (χ3n) is 1.42. The van der Waals surface area contributed by atoms with Gasteiger partial charge in [0.05, 0.1) is 6.26 Å². The van der Waals surface area contributed by atoms with E-state index in [1.807, 2.05) is 0 Å². The van der Waals surface area contributed by atoms with E-state index in [9.17, 15) is 13.2 Å². The Morgan fingerprint density at radius 1 is 1.75 bits per heavy atom. The minimum atomic E-state index is -3.54. The average molecular weight is 192 g/mol. The van der Waals surface area contributed by atoms with E-state index in [-0.39, 0.29) is 6.42 Å². The molecule has 0 fully saturated rings. The lowest BCUT2D eigenvalue weighted by Gasteiger charge is -2.16. The summed E-state index contributed by atoms with van der Waals surface area (Å²) in [4.78, 5) is 10.5. The van der Waals surface area contributed by atoms with Crippen molar-refractivity contribution in [1.29, 1.82) is 0 Å². The standard InChI is InChI=1S/C5H8N2O4S/c1-12(10,11)7-4(5(8)9)2-3-6-7/h3-4H,2H2,1H3,(H,8,9). The molecule has 0 bridgehead atoms. The van der Waals surface area contributed by atoms with Crippen LogP contribution < -0.4 is 0 Å². The molecule has 0 saturated carbocycles. The zero-order valence-electron chi connectivity index (χ0n) is 6.34. The van der Waals surface area contributed by atoms with E-state index in [1.165, 1.54) is 6.21 Å². The lowest BCUT2D eigenvalue weighted by molar-refractivity contribution is -0.140. The van der Waals surface area contributed by atoms with Gasteiger partial charge in [-0.2, -0.15) is 9.52 Å². The lowest BCUT2D eigenvalue weighted by Crippen LogP contribution is -2.37. The molecule has 0 aromatic rings. The molecule has 1 atom stereocenters. The molecular formula is C5H8N2O4S. The van der Waals surface area contributed by atoms with Crippen molar-refractivity contribution in [2.45, 2.75) is 12.5 Å². The van der Waals surface area contributed by atoms with Gasteiger partial charge in [-0.15, -0.1) is 0 Å². The second-order valence-electron chi connectivity index (χ2n) is 2.42.